The SMILES string of the molecule is C=CC(O)N1CCN(c2nc(O[C@H](C)CN3CCC(OCCOCCOCCOCCOCCOCC(=O)N[C@H](C(=O)N4C[C@H](O)C[C@H]4C(=O)NC(=C)c4ccc(-c5scnc5C)cc4)C(C)(C)C)CC3)nc3c2CCN(c2cc(O)cc4ccccc24)C3)CC1. The highest BCUT2D eigenvalue weighted by Crippen LogP contribution is 2.37. The molecule has 9 rings (SSSR count). The fourth-order valence-electron chi connectivity index (χ4n) is 12.0. The number of phenolic OH excluding ortho intramolecular Hbond substituents is 1. The molecule has 2 aromatic heterocycles. The summed E-state index contributed by atoms with van der Waals surface area (Å²) < 4.78 is 41.0. The minimum atomic E-state index is -0.998. The summed E-state index contributed by atoms with van der Waals surface area (Å²) in [5.74, 6) is -0.331. The van der Waals surface area contributed by atoms with Crippen LogP contribution in [0.1, 0.15) is 69.5 Å². The molecule has 5 atom stereocenters. The molecule has 24 heteroatoms. The lowest BCUT2D eigenvalue weighted by Gasteiger charge is -2.39. The summed E-state index contributed by atoms with van der Waals surface area (Å²) in [4.78, 5) is 66.5. The van der Waals surface area contributed by atoms with Crippen molar-refractivity contribution in [1.82, 2.24) is 40.3 Å². The van der Waals surface area contributed by atoms with Crippen LogP contribution in [0.15, 0.2) is 85.4 Å². The Hall–Kier alpha value is -6.68. The van der Waals surface area contributed by atoms with Gasteiger partial charge in [0.15, 0.2) is 0 Å². The minimum Gasteiger partial charge on any atom is -0.508 e. The van der Waals surface area contributed by atoms with E-state index in [4.69, 9.17) is 43.1 Å². The molecule has 3 aromatic carbocycles. The van der Waals surface area contributed by atoms with Gasteiger partial charge in [0.25, 0.3) is 0 Å². The Kier molecular flexibility index (Phi) is 25.1. The number of thiazole rings is 1. The molecule has 23 nitrogen and oxygen atoms in total. The average molecular weight is 1280 g/mol. The number of β-amino-alcohol motifs (C(OH)–C–C–N with tert-alkyl or cyclic N) is 1. The maximum atomic E-state index is 14.0. The predicted octanol–water partition coefficient (Wildman–Crippen LogP) is 5.57. The largest absolute Gasteiger partial charge is 0.508 e. The highest BCUT2D eigenvalue weighted by molar-refractivity contribution is 7.13. The third-order valence-electron chi connectivity index (χ3n) is 16.8. The molecule has 0 saturated carbocycles. The quantitative estimate of drug-likeness (QED) is 0.0261. The number of aliphatic hydroxyl groups excluding tert-OH is 2. The lowest BCUT2D eigenvalue weighted by molar-refractivity contribution is -0.144. The van der Waals surface area contributed by atoms with Crippen LogP contribution in [0, 0.1) is 12.3 Å². The molecule has 4 aliphatic heterocycles. The summed E-state index contributed by atoms with van der Waals surface area (Å²) >= 11 is 1.55. The van der Waals surface area contributed by atoms with Crippen molar-refractivity contribution >= 4 is 57.0 Å². The van der Waals surface area contributed by atoms with E-state index in [9.17, 15) is 29.7 Å². The number of nitrogens with zero attached hydrogens (tertiary/aromatic N) is 8. The highest BCUT2D eigenvalue weighted by Gasteiger charge is 2.45. The van der Waals surface area contributed by atoms with Crippen LogP contribution in [-0.2, 0) is 55.8 Å². The van der Waals surface area contributed by atoms with Crippen LogP contribution >= 0.6 is 11.3 Å². The van der Waals surface area contributed by atoms with E-state index in [1.54, 1.807) is 29.0 Å². The molecule has 494 valence electrons. The smallest absolute Gasteiger partial charge is 0.318 e. The number of phenols is 1. The van der Waals surface area contributed by atoms with Gasteiger partial charge in [0, 0.05) is 93.7 Å². The zero-order chi connectivity index (χ0) is 64.4. The number of hydrogen-bond donors (Lipinski definition) is 5. The molecule has 0 spiro atoms. The number of ether oxygens (including phenoxy) is 7. The van der Waals surface area contributed by atoms with Crippen LogP contribution in [0.2, 0.25) is 0 Å². The van der Waals surface area contributed by atoms with Gasteiger partial charge in [-0.05, 0) is 67.2 Å². The molecule has 3 saturated heterocycles. The van der Waals surface area contributed by atoms with Crippen molar-refractivity contribution in [3.63, 3.8) is 0 Å². The number of aliphatic hydroxyl groups is 2. The van der Waals surface area contributed by atoms with Crippen molar-refractivity contribution in [3.8, 4) is 22.2 Å². The molecule has 1 unspecified atom stereocenters. The van der Waals surface area contributed by atoms with Crippen LogP contribution in [0.3, 0.4) is 0 Å². The van der Waals surface area contributed by atoms with Gasteiger partial charge in [0.1, 0.15) is 42.6 Å². The van der Waals surface area contributed by atoms with Gasteiger partial charge in [-0.1, -0.05) is 82.5 Å². The number of aryl methyl sites for hydroxylation is 1. The topological polar surface area (TPSA) is 255 Å². The molecular formula is C67H92N10O13S. The number of nitrogens with one attached hydrogen (secondary N) is 2. The monoisotopic (exact) mass is 1280 g/mol. The Morgan fingerprint density at radius 3 is 2.14 bits per heavy atom. The summed E-state index contributed by atoms with van der Waals surface area (Å²) in [7, 11) is 0. The number of carbonyl (C=O) groups excluding carboxylic acids is 3. The normalized spacial score (nSPS) is 18.6. The second-order valence-electron chi connectivity index (χ2n) is 24.7. The number of benzene rings is 3. The summed E-state index contributed by atoms with van der Waals surface area (Å²) in [6.45, 7) is 27.2. The summed E-state index contributed by atoms with van der Waals surface area (Å²) in [5.41, 5.74) is 7.08. The van der Waals surface area contributed by atoms with Crippen molar-refractivity contribution < 1.29 is 62.9 Å². The maximum Gasteiger partial charge on any atom is 0.318 e. The van der Waals surface area contributed by atoms with E-state index in [-0.39, 0.29) is 50.7 Å². The van der Waals surface area contributed by atoms with E-state index in [1.165, 1.54) is 4.90 Å². The highest BCUT2D eigenvalue weighted by atomic mass is 32.1. The summed E-state index contributed by atoms with van der Waals surface area (Å²) in [6.07, 6.45) is 2.56. The second kappa shape index (κ2) is 33.2. The minimum absolute atomic E-state index is 0.0463. The van der Waals surface area contributed by atoms with Crippen molar-refractivity contribution in [2.24, 2.45) is 5.41 Å². The van der Waals surface area contributed by atoms with E-state index in [2.05, 4.69) is 56.5 Å². The lowest BCUT2D eigenvalue weighted by atomic mass is 9.85. The van der Waals surface area contributed by atoms with Gasteiger partial charge in [-0.15, -0.1) is 11.3 Å². The molecule has 5 N–H and O–H groups in total. The predicted molar refractivity (Wildman–Crippen MR) is 349 cm³/mol. The molecule has 6 heterocycles. The third-order valence-corrected chi connectivity index (χ3v) is 17.8. The van der Waals surface area contributed by atoms with Gasteiger partial charge in [-0.2, -0.15) is 9.97 Å². The fraction of sp³-hybridized carbons (Fsp3) is 0.552. The fourth-order valence-corrected chi connectivity index (χ4v) is 12.8. The molecule has 5 aromatic rings. The Labute approximate surface area is 538 Å². The van der Waals surface area contributed by atoms with Crippen LogP contribution in [0.5, 0.6) is 11.8 Å². The molecule has 3 amide bonds. The standard InChI is InChI=1S/C67H92N10O13S/c1-8-60(81)74-23-25-75(26-24-74)63-55-19-22-76(57-38-51(78)37-50-11-9-10-12-54(50)57)42-56(55)70-66(72-63)90-45(2)40-73-20-17-53(18-21-73)89-36-35-87-32-31-85-28-27-84-29-30-86-33-34-88-43-59(80)71-62(67(5,6)7)65(83)77-41-52(79)39-58(77)64(82)69-46(3)48-13-15-49(16-14-48)61-47(4)68-44-91-61/h8-16,37-38,44-45,52-53,58,60,62,78-79,81H,1,3,17-36,39-43H2,2,4-7H3,(H,69,82)(H,71,80)/t45-,52-,58+,60?,62-/m1/s1. The van der Waals surface area contributed by atoms with Crippen LogP contribution < -0.4 is 25.2 Å². The first kappa shape index (κ1) is 68.7. The number of anilines is 2. The molecule has 4 aliphatic rings. The van der Waals surface area contributed by atoms with Crippen molar-refractivity contribution in [3.05, 3.63) is 108 Å². The Morgan fingerprint density at radius 2 is 1.49 bits per heavy atom. The Bertz CT molecular complexity index is 3200. The molecular weight excluding hydrogens is 1180 g/mol. The Balaban J connectivity index is 0.592. The number of piperazine rings is 1. The van der Waals surface area contributed by atoms with Crippen LogP contribution in [0.4, 0.5) is 11.5 Å². The zero-order valence-corrected chi connectivity index (χ0v) is 54.2. The first-order chi connectivity index (χ1) is 43.9. The van der Waals surface area contributed by atoms with Gasteiger partial charge in [0.2, 0.25) is 17.7 Å². The van der Waals surface area contributed by atoms with Crippen LogP contribution in [0.25, 0.3) is 26.9 Å². The van der Waals surface area contributed by atoms with Gasteiger partial charge in [0.05, 0.1) is 107 Å². The number of aromatic nitrogens is 3. The lowest BCUT2D eigenvalue weighted by Crippen LogP contribution is -2.58. The van der Waals surface area contributed by atoms with E-state index in [0.717, 1.165) is 95.1 Å². The molecule has 3 fully saturated rings. The average Bonchev–Trinajstić information content (AvgIpc) is 1.73. The second-order valence-corrected chi connectivity index (χ2v) is 25.5. The molecule has 0 bridgehead atoms. The number of hydrogen-bond acceptors (Lipinski definition) is 21. The van der Waals surface area contributed by atoms with E-state index in [0.29, 0.717) is 103 Å². The van der Waals surface area contributed by atoms with Crippen molar-refractivity contribution in [1.29, 1.82) is 0 Å². The summed E-state index contributed by atoms with van der Waals surface area (Å²) in [5, 5.41) is 39.4. The van der Waals surface area contributed by atoms with E-state index < -0.39 is 47.6 Å². The van der Waals surface area contributed by atoms with Crippen molar-refractivity contribution in [2.75, 3.05) is 141 Å². The number of amides is 3. The van der Waals surface area contributed by atoms with Gasteiger partial charge < -0.3 is 73.8 Å². The van der Waals surface area contributed by atoms with Crippen LogP contribution in [-0.4, -0.2) is 231 Å². The number of aromatic hydroxyl groups is 1. The van der Waals surface area contributed by atoms with E-state index in [1.807, 2.05) is 81.1 Å². The maximum absolute atomic E-state index is 14.0. The van der Waals surface area contributed by atoms with Crippen molar-refractivity contribution in [2.45, 2.75) is 103 Å². The van der Waals surface area contributed by atoms with Gasteiger partial charge >= 0.3 is 6.01 Å². The Morgan fingerprint density at radius 1 is 0.835 bits per heavy atom. The van der Waals surface area contributed by atoms with E-state index >= 15 is 0 Å². The van der Waals surface area contributed by atoms with Gasteiger partial charge in [-0.3, -0.25) is 24.2 Å². The first-order valence-corrected chi connectivity index (χ1v) is 32.6. The molecule has 0 aliphatic carbocycles. The number of fused-ring (bicyclic) bond motifs is 2. The zero-order valence-electron chi connectivity index (χ0n) is 53.4. The number of piperidine rings is 1. The number of carbonyl (C=O) groups is 3. The number of likely N-dealkylation sites (tertiary alicyclic amines) is 2. The number of rotatable bonds is 32. The molecule has 91 heavy (non-hydrogen) atoms. The van der Waals surface area contributed by atoms with Gasteiger partial charge in [-0.25, -0.2) is 4.98 Å². The molecule has 0 radical (unpaired) electrons. The summed E-state index contributed by atoms with van der Waals surface area (Å²) in [6, 6.07) is 17.8. The third kappa shape index (κ3) is 19.2. The first-order valence-electron chi connectivity index (χ1n) is 31.8.